The zero-order valence-corrected chi connectivity index (χ0v) is 16.0. The maximum atomic E-state index is 5.62. The molecule has 0 saturated heterocycles. The Bertz CT molecular complexity index is 422. The van der Waals surface area contributed by atoms with Gasteiger partial charge in [0.25, 0.3) is 0 Å². The van der Waals surface area contributed by atoms with Gasteiger partial charge in [0, 0.05) is 5.56 Å². The molecule has 24 heavy (non-hydrogen) atoms. The third-order valence-electron chi connectivity index (χ3n) is 4.41. The maximum Gasteiger partial charge on any atom is 0.127 e. The lowest BCUT2D eigenvalue weighted by atomic mass is 10.0. The summed E-state index contributed by atoms with van der Waals surface area (Å²) < 4.78 is 5.62. The van der Waals surface area contributed by atoms with Gasteiger partial charge in [-0.15, -0.1) is 0 Å². The van der Waals surface area contributed by atoms with Crippen molar-refractivity contribution in [1.82, 2.24) is 0 Å². The van der Waals surface area contributed by atoms with Gasteiger partial charge in [-0.05, 0) is 31.9 Å². The summed E-state index contributed by atoms with van der Waals surface area (Å²) in [5.41, 5.74) is 1.07. The summed E-state index contributed by atoms with van der Waals surface area (Å²) in [6, 6.07) is 9.20. The fourth-order valence-electron chi connectivity index (χ4n) is 2.97. The molecule has 1 rings (SSSR count). The van der Waals surface area contributed by atoms with Crippen LogP contribution in [-0.4, -0.2) is 6.61 Å². The Morgan fingerprint density at radius 1 is 0.875 bits per heavy atom. The molecule has 0 aromatic heterocycles. The summed E-state index contributed by atoms with van der Waals surface area (Å²) in [6.07, 6.45) is 21.0. The molecule has 0 amide bonds. The van der Waals surface area contributed by atoms with Gasteiger partial charge in [-0.3, -0.25) is 0 Å². The van der Waals surface area contributed by atoms with Crippen LogP contribution in [0, 0.1) is 6.07 Å². The molecule has 0 atom stereocenters. The van der Waals surface area contributed by atoms with Crippen molar-refractivity contribution >= 4 is 6.08 Å². The van der Waals surface area contributed by atoms with Crippen molar-refractivity contribution < 1.29 is 4.74 Å². The zero-order valence-electron chi connectivity index (χ0n) is 16.0. The lowest BCUT2D eigenvalue weighted by Gasteiger charge is -2.05. The largest absolute Gasteiger partial charge is 0.493 e. The molecule has 0 bridgehead atoms. The number of unbranched alkanes of at least 4 members (excludes halogenated alkanes) is 11. The molecular weight excluding hydrogens is 292 g/mol. The van der Waals surface area contributed by atoms with Gasteiger partial charge in [0.2, 0.25) is 0 Å². The van der Waals surface area contributed by atoms with E-state index < -0.39 is 0 Å². The van der Waals surface area contributed by atoms with E-state index in [2.05, 4.69) is 25.1 Å². The minimum absolute atomic E-state index is 0.706. The molecule has 0 unspecified atom stereocenters. The number of hydrogen-bond acceptors (Lipinski definition) is 1. The Labute approximate surface area is 150 Å². The molecule has 1 nitrogen and oxygen atoms in total. The van der Waals surface area contributed by atoms with E-state index in [-0.39, 0.29) is 0 Å². The van der Waals surface area contributed by atoms with Crippen LogP contribution in [-0.2, 0) is 0 Å². The van der Waals surface area contributed by atoms with Crippen LogP contribution >= 0.6 is 0 Å². The minimum Gasteiger partial charge on any atom is -0.493 e. The van der Waals surface area contributed by atoms with Crippen molar-refractivity contribution in [1.29, 1.82) is 0 Å². The van der Waals surface area contributed by atoms with Gasteiger partial charge in [0.05, 0.1) is 6.61 Å². The van der Waals surface area contributed by atoms with Crippen molar-refractivity contribution in [2.45, 2.75) is 90.9 Å². The number of benzene rings is 1. The molecule has 1 aromatic rings. The van der Waals surface area contributed by atoms with E-state index in [1.807, 2.05) is 25.1 Å². The van der Waals surface area contributed by atoms with Crippen LogP contribution in [0.1, 0.15) is 96.5 Å². The van der Waals surface area contributed by atoms with Gasteiger partial charge >= 0.3 is 0 Å². The lowest BCUT2D eigenvalue weighted by Crippen LogP contribution is -1.93. The van der Waals surface area contributed by atoms with Crippen LogP contribution in [0.25, 0.3) is 6.08 Å². The molecule has 0 aliphatic rings. The van der Waals surface area contributed by atoms with Crippen LogP contribution in [0.3, 0.4) is 0 Å². The van der Waals surface area contributed by atoms with Crippen LogP contribution < -0.4 is 4.74 Å². The van der Waals surface area contributed by atoms with Crippen LogP contribution in [0.4, 0.5) is 0 Å². The molecule has 0 N–H and O–H groups in total. The van der Waals surface area contributed by atoms with E-state index in [0.717, 1.165) is 17.7 Å². The first-order valence-corrected chi connectivity index (χ1v) is 10.2. The molecular formula is C23H37O. The Morgan fingerprint density at radius 2 is 1.50 bits per heavy atom. The van der Waals surface area contributed by atoms with E-state index in [9.17, 15) is 0 Å². The quantitative estimate of drug-likeness (QED) is 0.301. The first-order chi connectivity index (χ1) is 11.9. The van der Waals surface area contributed by atoms with Gasteiger partial charge < -0.3 is 4.74 Å². The topological polar surface area (TPSA) is 9.23 Å². The van der Waals surface area contributed by atoms with E-state index in [0.29, 0.717) is 6.61 Å². The SMILES string of the molecule is CCCCCCCCCCCCC/C=C/c1[c]cccc1OCC. The predicted octanol–water partition coefficient (Wildman–Crippen LogP) is 7.60. The third-order valence-corrected chi connectivity index (χ3v) is 4.41. The number of ether oxygens (including phenoxy) is 1. The van der Waals surface area contributed by atoms with Crippen LogP contribution in [0.15, 0.2) is 24.3 Å². The fourth-order valence-corrected chi connectivity index (χ4v) is 2.97. The van der Waals surface area contributed by atoms with Crippen LogP contribution in [0.2, 0.25) is 0 Å². The molecule has 0 aliphatic heterocycles. The van der Waals surface area contributed by atoms with Crippen LogP contribution in [0.5, 0.6) is 5.75 Å². The molecule has 1 aromatic carbocycles. The Morgan fingerprint density at radius 3 is 2.12 bits per heavy atom. The highest BCUT2D eigenvalue weighted by Crippen LogP contribution is 2.19. The van der Waals surface area contributed by atoms with Gasteiger partial charge in [-0.1, -0.05) is 95.4 Å². The van der Waals surface area contributed by atoms with Crippen molar-refractivity contribution in [3.05, 3.63) is 35.9 Å². The smallest absolute Gasteiger partial charge is 0.127 e. The summed E-state index contributed by atoms with van der Waals surface area (Å²) in [4.78, 5) is 0. The Balaban J connectivity index is 1.98. The average molecular weight is 330 g/mol. The highest BCUT2D eigenvalue weighted by atomic mass is 16.5. The zero-order chi connectivity index (χ0) is 17.3. The van der Waals surface area contributed by atoms with Crippen molar-refractivity contribution in [3.63, 3.8) is 0 Å². The van der Waals surface area contributed by atoms with Gasteiger partial charge in [-0.25, -0.2) is 0 Å². The molecule has 0 saturated carbocycles. The molecule has 0 fully saturated rings. The van der Waals surface area contributed by atoms with E-state index in [1.54, 1.807) is 0 Å². The first-order valence-electron chi connectivity index (χ1n) is 10.2. The molecule has 1 radical (unpaired) electrons. The van der Waals surface area contributed by atoms with E-state index in [1.165, 1.54) is 70.6 Å². The molecule has 1 heteroatoms. The van der Waals surface area contributed by atoms with Gasteiger partial charge in [0.1, 0.15) is 5.75 Å². The summed E-state index contributed by atoms with van der Waals surface area (Å²) in [5, 5.41) is 0. The monoisotopic (exact) mass is 329 g/mol. The number of hydrogen-bond donors (Lipinski definition) is 0. The van der Waals surface area contributed by atoms with E-state index in [4.69, 9.17) is 4.74 Å². The highest BCUT2D eigenvalue weighted by molar-refractivity contribution is 5.56. The lowest BCUT2D eigenvalue weighted by molar-refractivity contribution is 0.339. The average Bonchev–Trinajstić information content (AvgIpc) is 2.60. The second-order valence-corrected chi connectivity index (χ2v) is 6.61. The third kappa shape index (κ3) is 10.5. The second-order valence-electron chi connectivity index (χ2n) is 6.61. The summed E-state index contributed by atoms with van der Waals surface area (Å²) in [7, 11) is 0. The fraction of sp³-hybridized carbons (Fsp3) is 0.652. The first kappa shape index (κ1) is 20.8. The molecule has 0 spiro atoms. The standard InChI is InChI=1S/C23H37O/c1-3-5-6-7-8-9-10-11-12-13-14-15-16-19-22-20-17-18-21-23(22)24-4-2/h16-19,21H,3-15H2,1-2H3/b19-16+. The van der Waals surface area contributed by atoms with Crippen molar-refractivity contribution in [2.75, 3.05) is 6.61 Å². The van der Waals surface area contributed by atoms with Gasteiger partial charge in [0.15, 0.2) is 0 Å². The normalized spacial score (nSPS) is 11.2. The highest BCUT2D eigenvalue weighted by Gasteiger charge is 1.98. The Kier molecular flexibility index (Phi) is 13.3. The summed E-state index contributed by atoms with van der Waals surface area (Å²) >= 11 is 0. The minimum atomic E-state index is 0.706. The van der Waals surface area contributed by atoms with Crippen molar-refractivity contribution in [2.24, 2.45) is 0 Å². The summed E-state index contributed by atoms with van der Waals surface area (Å²) in [6.45, 7) is 5.01. The number of rotatable bonds is 15. The second kappa shape index (κ2) is 15.3. The van der Waals surface area contributed by atoms with Crippen molar-refractivity contribution in [3.8, 4) is 5.75 Å². The molecule has 0 aliphatic carbocycles. The summed E-state index contributed by atoms with van der Waals surface area (Å²) in [5.74, 6) is 0.940. The molecule has 0 heterocycles. The molecule has 135 valence electrons. The maximum absolute atomic E-state index is 5.62. The van der Waals surface area contributed by atoms with Gasteiger partial charge in [-0.2, -0.15) is 0 Å². The predicted molar refractivity (Wildman–Crippen MR) is 107 cm³/mol. The van der Waals surface area contributed by atoms with E-state index >= 15 is 0 Å². The number of allylic oxidation sites excluding steroid dienone is 1. The Hall–Kier alpha value is -1.24.